The summed E-state index contributed by atoms with van der Waals surface area (Å²) in [6.45, 7) is 0.718. The molecule has 0 spiro atoms. The number of pyridine rings is 1. The van der Waals surface area contributed by atoms with Gasteiger partial charge in [0.05, 0.1) is 25.3 Å². The van der Waals surface area contributed by atoms with Crippen molar-refractivity contribution in [3.8, 4) is 16.9 Å². The summed E-state index contributed by atoms with van der Waals surface area (Å²) in [5, 5.41) is 0. The number of aromatic nitrogens is 3. The molecule has 7 nitrogen and oxygen atoms in total. The topological polar surface area (TPSA) is 71.5 Å². The summed E-state index contributed by atoms with van der Waals surface area (Å²) in [7, 11) is 5.49. The number of amides is 1. The van der Waals surface area contributed by atoms with E-state index in [1.54, 1.807) is 19.5 Å². The van der Waals surface area contributed by atoms with E-state index in [1.807, 2.05) is 66.5 Å². The highest BCUT2D eigenvalue weighted by molar-refractivity contribution is 5.80. The van der Waals surface area contributed by atoms with Gasteiger partial charge >= 0.3 is 0 Å². The fraction of sp³-hybridized carbons (Fsp3) is 0.360. The number of methoxy groups -OCH3 is 1. The average molecular weight is 432 g/mol. The molecule has 2 aromatic heterocycles. The van der Waals surface area contributed by atoms with Crippen molar-refractivity contribution in [1.29, 1.82) is 0 Å². The fourth-order valence-corrected chi connectivity index (χ4v) is 4.24. The van der Waals surface area contributed by atoms with Crippen molar-refractivity contribution >= 4 is 11.9 Å². The van der Waals surface area contributed by atoms with Crippen LogP contribution in [-0.2, 0) is 11.2 Å². The summed E-state index contributed by atoms with van der Waals surface area (Å²) in [6.07, 6.45) is 8.63. The third kappa shape index (κ3) is 4.56. The van der Waals surface area contributed by atoms with E-state index in [4.69, 9.17) is 9.72 Å². The molecule has 166 valence electrons. The Balaban J connectivity index is 1.71. The lowest BCUT2D eigenvalue weighted by atomic mass is 9.93. The first-order valence-electron chi connectivity index (χ1n) is 10.9. The van der Waals surface area contributed by atoms with E-state index in [0.29, 0.717) is 12.4 Å². The van der Waals surface area contributed by atoms with Gasteiger partial charge in [0.25, 0.3) is 0 Å². The molecule has 1 unspecified atom stereocenters. The molecule has 3 heterocycles. The number of piperidine rings is 1. The molecule has 7 heteroatoms. The Bertz CT molecular complexity index is 1070. The highest BCUT2D eigenvalue weighted by Gasteiger charge is 2.32. The van der Waals surface area contributed by atoms with Gasteiger partial charge in [-0.1, -0.05) is 18.2 Å². The Morgan fingerprint density at radius 3 is 2.69 bits per heavy atom. The van der Waals surface area contributed by atoms with Gasteiger partial charge in [0.2, 0.25) is 11.9 Å². The molecule has 1 fully saturated rings. The van der Waals surface area contributed by atoms with E-state index < -0.39 is 0 Å². The van der Waals surface area contributed by atoms with Gasteiger partial charge in [-0.15, -0.1) is 0 Å². The zero-order valence-corrected chi connectivity index (χ0v) is 18.9. The van der Waals surface area contributed by atoms with Crippen LogP contribution in [0.15, 0.2) is 55.0 Å². The maximum Gasteiger partial charge on any atom is 0.227 e. The zero-order valence-electron chi connectivity index (χ0n) is 18.9. The first kappa shape index (κ1) is 21.7. The van der Waals surface area contributed by atoms with E-state index in [1.165, 1.54) is 0 Å². The van der Waals surface area contributed by atoms with E-state index >= 15 is 0 Å². The molecule has 3 aromatic rings. The lowest BCUT2D eigenvalue weighted by molar-refractivity contribution is -0.134. The van der Waals surface area contributed by atoms with Crippen LogP contribution in [-0.4, -0.2) is 53.5 Å². The SMILES string of the molecule is COc1ccccc1CC(=O)N1CCCCC1c1nc(N(C)C)ncc1-c1ccncc1. The lowest BCUT2D eigenvalue weighted by Gasteiger charge is -2.36. The Kier molecular flexibility index (Phi) is 6.63. The van der Waals surface area contributed by atoms with Crippen LogP contribution in [0.1, 0.15) is 36.6 Å². The molecule has 0 radical (unpaired) electrons. The minimum absolute atomic E-state index is 0.0879. The Hall–Kier alpha value is -3.48. The van der Waals surface area contributed by atoms with E-state index in [-0.39, 0.29) is 11.9 Å². The number of ether oxygens (including phenoxy) is 1. The largest absolute Gasteiger partial charge is 0.496 e. The summed E-state index contributed by atoms with van der Waals surface area (Å²) in [4.78, 5) is 31.0. The molecule has 1 amide bonds. The molecule has 0 N–H and O–H groups in total. The number of rotatable bonds is 6. The molecular weight excluding hydrogens is 402 g/mol. The number of carbonyl (C=O) groups excluding carboxylic acids is 1. The summed E-state index contributed by atoms with van der Waals surface area (Å²) in [5.41, 5.74) is 3.74. The first-order valence-corrected chi connectivity index (χ1v) is 10.9. The molecule has 0 bridgehead atoms. The number of benzene rings is 1. The van der Waals surface area contributed by atoms with Crippen LogP contribution >= 0.6 is 0 Å². The van der Waals surface area contributed by atoms with Crippen LogP contribution in [0.25, 0.3) is 11.1 Å². The third-order valence-corrected chi connectivity index (χ3v) is 5.87. The van der Waals surface area contributed by atoms with Crippen LogP contribution in [0.4, 0.5) is 5.95 Å². The van der Waals surface area contributed by atoms with Crippen molar-refractivity contribution in [1.82, 2.24) is 19.9 Å². The summed E-state index contributed by atoms with van der Waals surface area (Å²) < 4.78 is 5.46. The number of nitrogens with zero attached hydrogens (tertiary/aromatic N) is 5. The van der Waals surface area contributed by atoms with Crippen molar-refractivity contribution in [2.24, 2.45) is 0 Å². The van der Waals surface area contributed by atoms with Crippen molar-refractivity contribution < 1.29 is 9.53 Å². The summed E-state index contributed by atoms with van der Waals surface area (Å²) >= 11 is 0. The van der Waals surface area contributed by atoms with Gasteiger partial charge in [0, 0.05) is 50.4 Å². The fourth-order valence-electron chi connectivity index (χ4n) is 4.24. The number of carbonyl (C=O) groups is 1. The van der Waals surface area contributed by atoms with Crippen molar-refractivity contribution in [2.75, 3.05) is 32.6 Å². The van der Waals surface area contributed by atoms with Crippen LogP contribution in [0.5, 0.6) is 5.75 Å². The molecule has 0 aliphatic carbocycles. The number of anilines is 1. The van der Waals surface area contributed by atoms with E-state index in [0.717, 1.165) is 53.9 Å². The molecule has 1 atom stereocenters. The Morgan fingerprint density at radius 1 is 1.16 bits per heavy atom. The number of hydrogen-bond acceptors (Lipinski definition) is 6. The average Bonchev–Trinajstić information content (AvgIpc) is 2.84. The predicted octanol–water partition coefficient (Wildman–Crippen LogP) is 3.91. The van der Waals surface area contributed by atoms with Gasteiger partial charge in [0.1, 0.15) is 5.75 Å². The van der Waals surface area contributed by atoms with Gasteiger partial charge in [-0.3, -0.25) is 9.78 Å². The van der Waals surface area contributed by atoms with Crippen molar-refractivity contribution in [3.63, 3.8) is 0 Å². The number of hydrogen-bond donors (Lipinski definition) is 0. The lowest BCUT2D eigenvalue weighted by Crippen LogP contribution is -2.40. The Labute approximate surface area is 189 Å². The normalized spacial score (nSPS) is 16.0. The number of likely N-dealkylation sites (tertiary alicyclic amines) is 1. The Morgan fingerprint density at radius 2 is 1.94 bits per heavy atom. The molecule has 4 rings (SSSR count). The van der Waals surface area contributed by atoms with Crippen LogP contribution in [0.3, 0.4) is 0 Å². The molecule has 0 saturated carbocycles. The summed E-state index contributed by atoms with van der Waals surface area (Å²) in [6, 6.07) is 11.5. The van der Waals surface area contributed by atoms with Gasteiger partial charge in [-0.2, -0.15) is 0 Å². The minimum Gasteiger partial charge on any atom is -0.496 e. The van der Waals surface area contributed by atoms with Crippen LogP contribution in [0.2, 0.25) is 0 Å². The standard InChI is InChI=1S/C25H29N5O2/c1-29(2)25-27-17-20(18-11-13-26-14-12-18)24(28-25)21-9-6-7-15-30(21)23(31)16-19-8-4-5-10-22(19)32-3/h4-5,8,10-14,17,21H,6-7,9,15-16H2,1-3H3. The molecule has 1 aliphatic heterocycles. The second-order valence-electron chi connectivity index (χ2n) is 8.19. The molecule has 1 aromatic carbocycles. The second kappa shape index (κ2) is 9.77. The molecular formula is C25H29N5O2. The first-order chi connectivity index (χ1) is 15.6. The minimum atomic E-state index is -0.101. The van der Waals surface area contributed by atoms with Crippen molar-refractivity contribution in [3.05, 3.63) is 66.2 Å². The van der Waals surface area contributed by atoms with Crippen molar-refractivity contribution in [2.45, 2.75) is 31.7 Å². The third-order valence-electron chi connectivity index (χ3n) is 5.87. The smallest absolute Gasteiger partial charge is 0.227 e. The maximum absolute atomic E-state index is 13.5. The number of para-hydroxylation sites is 1. The monoisotopic (exact) mass is 431 g/mol. The second-order valence-corrected chi connectivity index (χ2v) is 8.19. The quantitative estimate of drug-likeness (QED) is 0.589. The molecule has 1 saturated heterocycles. The van der Waals surface area contributed by atoms with Crippen LogP contribution in [0, 0.1) is 0 Å². The predicted molar refractivity (Wildman–Crippen MR) is 125 cm³/mol. The van der Waals surface area contributed by atoms with E-state index in [2.05, 4.69) is 9.97 Å². The van der Waals surface area contributed by atoms with E-state index in [9.17, 15) is 4.79 Å². The van der Waals surface area contributed by atoms with Gasteiger partial charge in [-0.05, 0) is 43.0 Å². The van der Waals surface area contributed by atoms with Gasteiger partial charge < -0.3 is 14.5 Å². The molecule has 1 aliphatic rings. The molecule has 32 heavy (non-hydrogen) atoms. The highest BCUT2D eigenvalue weighted by atomic mass is 16.5. The van der Waals surface area contributed by atoms with Crippen LogP contribution < -0.4 is 9.64 Å². The highest BCUT2D eigenvalue weighted by Crippen LogP contribution is 2.36. The maximum atomic E-state index is 13.5. The summed E-state index contributed by atoms with van der Waals surface area (Å²) in [5.74, 6) is 1.47. The zero-order chi connectivity index (χ0) is 22.5. The van der Waals surface area contributed by atoms with Gasteiger partial charge in [0.15, 0.2) is 0 Å². The van der Waals surface area contributed by atoms with Gasteiger partial charge in [-0.25, -0.2) is 9.97 Å².